The van der Waals surface area contributed by atoms with E-state index in [0.29, 0.717) is 12.5 Å². The van der Waals surface area contributed by atoms with E-state index >= 15 is 0 Å². The molecule has 1 unspecified atom stereocenters. The van der Waals surface area contributed by atoms with Crippen molar-refractivity contribution in [1.82, 2.24) is 0 Å². The summed E-state index contributed by atoms with van der Waals surface area (Å²) >= 11 is 0. The van der Waals surface area contributed by atoms with E-state index < -0.39 is 11.9 Å². The Balaban J connectivity index is 2.19. The molecule has 5 heteroatoms. The summed E-state index contributed by atoms with van der Waals surface area (Å²) in [5, 5.41) is 8.98. The van der Waals surface area contributed by atoms with Crippen molar-refractivity contribution in [2.75, 3.05) is 13.2 Å². The molecule has 0 bridgehead atoms. The van der Waals surface area contributed by atoms with Gasteiger partial charge in [-0.1, -0.05) is 25.8 Å². The van der Waals surface area contributed by atoms with Gasteiger partial charge in [0.25, 0.3) is 0 Å². The third-order valence-corrected chi connectivity index (χ3v) is 3.67. The van der Waals surface area contributed by atoms with Crippen LogP contribution < -0.4 is 0 Å². The molecule has 0 aromatic carbocycles. The molecule has 1 saturated carbocycles. The van der Waals surface area contributed by atoms with Crippen molar-refractivity contribution >= 4 is 11.9 Å². The summed E-state index contributed by atoms with van der Waals surface area (Å²) in [6.45, 7) is 3.87. The van der Waals surface area contributed by atoms with Crippen molar-refractivity contribution in [1.29, 1.82) is 0 Å². The minimum atomic E-state index is -0.966. The summed E-state index contributed by atoms with van der Waals surface area (Å²) in [6, 6.07) is 0. The molecule has 1 N–H and O–H groups in total. The highest BCUT2D eigenvalue weighted by Gasteiger charge is 2.20. The Labute approximate surface area is 119 Å². The van der Waals surface area contributed by atoms with Gasteiger partial charge in [0, 0.05) is 6.42 Å². The number of aliphatic carboxylic acids is 1. The van der Waals surface area contributed by atoms with Crippen molar-refractivity contribution in [2.24, 2.45) is 11.8 Å². The zero-order valence-corrected chi connectivity index (χ0v) is 11.9. The van der Waals surface area contributed by atoms with Crippen LogP contribution in [0.15, 0.2) is 12.8 Å². The highest BCUT2D eigenvalue weighted by molar-refractivity contribution is 5.73. The lowest BCUT2D eigenvalue weighted by Crippen LogP contribution is -2.21. The Morgan fingerprint density at radius 2 is 2.00 bits per heavy atom. The van der Waals surface area contributed by atoms with Gasteiger partial charge in [0.1, 0.15) is 6.61 Å². The van der Waals surface area contributed by atoms with Gasteiger partial charge in [0.05, 0.1) is 18.8 Å². The second kappa shape index (κ2) is 9.39. The zero-order chi connectivity index (χ0) is 14.8. The van der Waals surface area contributed by atoms with Gasteiger partial charge in [0.2, 0.25) is 0 Å². The van der Waals surface area contributed by atoms with Crippen LogP contribution in [0.4, 0.5) is 0 Å². The standard InChI is InChI=1S/C15H24O5/c1-2-19-11-13(15(17)18)8-9-14(16)20-10-12-6-4-3-5-7-12/h2,12-13H,1,3-11H2,(H,17,18). The lowest BCUT2D eigenvalue weighted by Gasteiger charge is -2.21. The maximum absolute atomic E-state index is 11.6. The molecule has 0 saturated heterocycles. The highest BCUT2D eigenvalue weighted by Crippen LogP contribution is 2.23. The highest BCUT2D eigenvalue weighted by atomic mass is 16.5. The van der Waals surface area contributed by atoms with E-state index in [4.69, 9.17) is 14.6 Å². The van der Waals surface area contributed by atoms with Crippen LogP contribution in [0, 0.1) is 11.8 Å². The predicted molar refractivity (Wildman–Crippen MR) is 74.0 cm³/mol. The van der Waals surface area contributed by atoms with Crippen LogP contribution in [-0.4, -0.2) is 30.3 Å². The maximum Gasteiger partial charge on any atom is 0.309 e. The number of rotatable bonds is 9. The smallest absolute Gasteiger partial charge is 0.309 e. The molecule has 114 valence electrons. The number of carboxylic acids is 1. The molecule has 5 nitrogen and oxygen atoms in total. The first-order chi connectivity index (χ1) is 9.63. The molecule has 1 rings (SSSR count). The topological polar surface area (TPSA) is 72.8 Å². The summed E-state index contributed by atoms with van der Waals surface area (Å²) in [5.41, 5.74) is 0. The second-order valence-corrected chi connectivity index (χ2v) is 5.26. The van der Waals surface area contributed by atoms with Gasteiger partial charge < -0.3 is 14.6 Å². The molecule has 0 aromatic heterocycles. The zero-order valence-electron chi connectivity index (χ0n) is 11.9. The minimum absolute atomic E-state index is 0.0364. The number of hydrogen-bond donors (Lipinski definition) is 1. The number of hydrogen-bond acceptors (Lipinski definition) is 4. The monoisotopic (exact) mass is 284 g/mol. The van der Waals surface area contributed by atoms with Crippen LogP contribution in [0.3, 0.4) is 0 Å². The van der Waals surface area contributed by atoms with E-state index in [1.54, 1.807) is 0 Å². The Bertz CT molecular complexity index is 320. The molecule has 0 radical (unpaired) electrons. The number of carbonyl (C=O) groups excluding carboxylic acids is 1. The van der Waals surface area contributed by atoms with E-state index in [1.165, 1.54) is 25.5 Å². The minimum Gasteiger partial charge on any atom is -0.501 e. The molecule has 1 aliphatic rings. The van der Waals surface area contributed by atoms with E-state index in [0.717, 1.165) is 12.8 Å². The van der Waals surface area contributed by atoms with Crippen LogP contribution in [0.25, 0.3) is 0 Å². The van der Waals surface area contributed by atoms with Crippen LogP contribution in [0.2, 0.25) is 0 Å². The van der Waals surface area contributed by atoms with Gasteiger partial charge in [-0.05, 0) is 25.2 Å². The van der Waals surface area contributed by atoms with Crippen LogP contribution in [0.5, 0.6) is 0 Å². The third-order valence-electron chi connectivity index (χ3n) is 3.67. The summed E-state index contributed by atoms with van der Waals surface area (Å²) in [4.78, 5) is 22.6. The van der Waals surface area contributed by atoms with E-state index in [2.05, 4.69) is 6.58 Å². The summed E-state index contributed by atoms with van der Waals surface area (Å²) < 4.78 is 10.1. The first-order valence-electron chi connectivity index (χ1n) is 7.24. The number of carbonyl (C=O) groups is 2. The van der Waals surface area contributed by atoms with Gasteiger partial charge in [-0.2, -0.15) is 0 Å². The van der Waals surface area contributed by atoms with Crippen molar-refractivity contribution in [3.8, 4) is 0 Å². The second-order valence-electron chi connectivity index (χ2n) is 5.26. The molecule has 1 atom stereocenters. The number of ether oxygens (including phenoxy) is 2. The number of carboxylic acid groups (broad SMARTS) is 1. The van der Waals surface area contributed by atoms with Gasteiger partial charge in [-0.3, -0.25) is 9.59 Å². The van der Waals surface area contributed by atoms with Gasteiger partial charge in [-0.15, -0.1) is 0 Å². The fourth-order valence-electron chi connectivity index (χ4n) is 2.39. The third kappa shape index (κ3) is 6.59. The molecular weight excluding hydrogens is 260 g/mol. The fourth-order valence-corrected chi connectivity index (χ4v) is 2.39. The molecular formula is C15H24O5. The fraction of sp³-hybridized carbons (Fsp3) is 0.733. The quantitative estimate of drug-likeness (QED) is 0.520. The predicted octanol–water partition coefficient (Wildman–Crippen LogP) is 2.75. The van der Waals surface area contributed by atoms with Crippen molar-refractivity contribution in [2.45, 2.75) is 44.9 Å². The Morgan fingerprint density at radius 3 is 2.60 bits per heavy atom. The van der Waals surface area contributed by atoms with Gasteiger partial charge in [0.15, 0.2) is 0 Å². The van der Waals surface area contributed by atoms with Crippen molar-refractivity contribution in [3.05, 3.63) is 12.8 Å². The van der Waals surface area contributed by atoms with E-state index in [9.17, 15) is 9.59 Å². The average Bonchev–Trinajstić information content (AvgIpc) is 2.46. The van der Waals surface area contributed by atoms with E-state index in [1.807, 2.05) is 0 Å². The summed E-state index contributed by atoms with van der Waals surface area (Å²) in [7, 11) is 0. The molecule has 0 aliphatic heterocycles. The maximum atomic E-state index is 11.6. The van der Waals surface area contributed by atoms with Crippen molar-refractivity contribution in [3.63, 3.8) is 0 Å². The van der Waals surface area contributed by atoms with Crippen LogP contribution in [-0.2, 0) is 19.1 Å². The first-order valence-corrected chi connectivity index (χ1v) is 7.24. The Morgan fingerprint density at radius 1 is 1.30 bits per heavy atom. The molecule has 1 fully saturated rings. The normalized spacial score (nSPS) is 17.2. The average molecular weight is 284 g/mol. The molecule has 0 aromatic rings. The van der Waals surface area contributed by atoms with Gasteiger partial charge >= 0.3 is 11.9 Å². The summed E-state index contributed by atoms with van der Waals surface area (Å²) in [6.07, 6.45) is 7.49. The van der Waals surface area contributed by atoms with Crippen molar-refractivity contribution < 1.29 is 24.2 Å². The van der Waals surface area contributed by atoms with Gasteiger partial charge in [-0.25, -0.2) is 0 Å². The molecule has 20 heavy (non-hydrogen) atoms. The molecule has 0 amide bonds. The molecule has 0 heterocycles. The van der Waals surface area contributed by atoms with Crippen LogP contribution in [0.1, 0.15) is 44.9 Å². The lowest BCUT2D eigenvalue weighted by atomic mass is 9.90. The lowest BCUT2D eigenvalue weighted by molar-refractivity contribution is -0.147. The largest absolute Gasteiger partial charge is 0.501 e. The first kappa shape index (κ1) is 16.5. The van der Waals surface area contributed by atoms with E-state index in [-0.39, 0.29) is 25.4 Å². The SMILES string of the molecule is C=COCC(CCC(=O)OCC1CCCCC1)C(=O)O. The Kier molecular flexibility index (Phi) is 7.77. The van der Waals surface area contributed by atoms with Crippen LogP contribution >= 0.6 is 0 Å². The Hall–Kier alpha value is -1.52. The summed E-state index contributed by atoms with van der Waals surface area (Å²) in [5.74, 6) is -1.50. The number of esters is 1. The molecule has 0 spiro atoms. The molecule has 1 aliphatic carbocycles.